The van der Waals surface area contributed by atoms with Crippen molar-refractivity contribution in [2.45, 2.75) is 13.5 Å². The second-order valence-electron chi connectivity index (χ2n) is 5.45. The number of para-hydroxylation sites is 2. The molecule has 22 heavy (non-hydrogen) atoms. The van der Waals surface area contributed by atoms with Crippen molar-refractivity contribution in [1.29, 1.82) is 0 Å². The Hall–Kier alpha value is -2.08. The maximum atomic E-state index is 11.7. The van der Waals surface area contributed by atoms with Crippen LogP contribution in [0.15, 0.2) is 30.6 Å². The monoisotopic (exact) mass is 302 g/mol. The summed E-state index contributed by atoms with van der Waals surface area (Å²) in [5, 5.41) is 0. The van der Waals surface area contributed by atoms with Gasteiger partial charge in [-0.25, -0.2) is 9.78 Å². The van der Waals surface area contributed by atoms with Gasteiger partial charge in [-0.3, -0.25) is 4.90 Å². The fraction of sp³-hybridized carbons (Fsp3) is 0.500. The third-order valence-corrected chi connectivity index (χ3v) is 4.08. The first-order valence-electron chi connectivity index (χ1n) is 7.82. The molecule has 1 aliphatic rings. The fourth-order valence-corrected chi connectivity index (χ4v) is 2.81. The molecule has 6 nitrogen and oxygen atoms in total. The molecule has 118 valence electrons. The van der Waals surface area contributed by atoms with E-state index < -0.39 is 0 Å². The SMILES string of the molecule is CCOC(=O)N1CCN(CCn2cnc3ccccc32)CC1. The summed E-state index contributed by atoms with van der Waals surface area (Å²) in [6.45, 7) is 7.43. The van der Waals surface area contributed by atoms with Gasteiger partial charge in [-0.1, -0.05) is 12.1 Å². The van der Waals surface area contributed by atoms with E-state index in [4.69, 9.17) is 4.74 Å². The lowest BCUT2D eigenvalue weighted by molar-refractivity contribution is 0.0788. The van der Waals surface area contributed by atoms with Gasteiger partial charge in [-0.15, -0.1) is 0 Å². The van der Waals surface area contributed by atoms with Crippen molar-refractivity contribution in [3.8, 4) is 0 Å². The Morgan fingerprint density at radius 2 is 1.95 bits per heavy atom. The second kappa shape index (κ2) is 6.79. The van der Waals surface area contributed by atoms with E-state index in [1.54, 1.807) is 4.90 Å². The van der Waals surface area contributed by atoms with Gasteiger partial charge in [0.05, 0.1) is 24.0 Å². The number of imidazole rings is 1. The molecule has 0 bridgehead atoms. The third-order valence-electron chi connectivity index (χ3n) is 4.08. The number of nitrogens with zero attached hydrogens (tertiary/aromatic N) is 4. The van der Waals surface area contributed by atoms with Gasteiger partial charge in [0.25, 0.3) is 0 Å². The molecule has 1 aromatic carbocycles. The van der Waals surface area contributed by atoms with Crippen LogP contribution in [-0.4, -0.2) is 64.8 Å². The first-order valence-corrected chi connectivity index (χ1v) is 7.82. The number of ether oxygens (including phenoxy) is 1. The Labute approximate surface area is 130 Å². The van der Waals surface area contributed by atoms with Gasteiger partial charge >= 0.3 is 6.09 Å². The highest BCUT2D eigenvalue weighted by Gasteiger charge is 2.21. The summed E-state index contributed by atoms with van der Waals surface area (Å²) < 4.78 is 7.23. The van der Waals surface area contributed by atoms with Crippen LogP contribution in [0, 0.1) is 0 Å². The highest BCUT2D eigenvalue weighted by molar-refractivity contribution is 5.74. The largest absolute Gasteiger partial charge is 0.450 e. The fourth-order valence-electron chi connectivity index (χ4n) is 2.81. The zero-order valence-electron chi connectivity index (χ0n) is 12.9. The van der Waals surface area contributed by atoms with Gasteiger partial charge in [-0.05, 0) is 19.1 Å². The van der Waals surface area contributed by atoms with E-state index >= 15 is 0 Å². The van der Waals surface area contributed by atoms with Gasteiger partial charge in [-0.2, -0.15) is 0 Å². The molecule has 0 aliphatic carbocycles. The van der Waals surface area contributed by atoms with E-state index in [0.29, 0.717) is 6.61 Å². The molecular weight excluding hydrogens is 280 g/mol. The van der Waals surface area contributed by atoms with Crippen molar-refractivity contribution in [2.24, 2.45) is 0 Å². The maximum Gasteiger partial charge on any atom is 0.409 e. The van der Waals surface area contributed by atoms with E-state index in [1.807, 2.05) is 31.5 Å². The summed E-state index contributed by atoms with van der Waals surface area (Å²) in [5.41, 5.74) is 2.21. The molecule has 1 aliphatic heterocycles. The lowest BCUT2D eigenvalue weighted by Crippen LogP contribution is -2.49. The molecule has 1 fully saturated rings. The van der Waals surface area contributed by atoms with E-state index in [0.717, 1.165) is 44.8 Å². The Balaban J connectivity index is 1.50. The summed E-state index contributed by atoms with van der Waals surface area (Å²) in [6, 6.07) is 8.18. The number of hydrogen-bond acceptors (Lipinski definition) is 4. The van der Waals surface area contributed by atoms with Gasteiger partial charge in [0.2, 0.25) is 0 Å². The standard InChI is InChI=1S/C16H22N4O2/c1-2-22-16(21)19-10-7-18(8-11-19)9-12-20-13-17-14-5-3-4-6-15(14)20/h3-6,13H,2,7-12H2,1H3. The molecule has 2 heterocycles. The number of benzene rings is 1. The van der Waals surface area contributed by atoms with Gasteiger partial charge in [0.1, 0.15) is 0 Å². The summed E-state index contributed by atoms with van der Waals surface area (Å²) in [7, 11) is 0. The van der Waals surface area contributed by atoms with Crippen molar-refractivity contribution < 1.29 is 9.53 Å². The smallest absolute Gasteiger partial charge is 0.409 e. The Kier molecular flexibility index (Phi) is 4.58. The Morgan fingerprint density at radius 1 is 1.18 bits per heavy atom. The van der Waals surface area contributed by atoms with Crippen molar-refractivity contribution in [3.63, 3.8) is 0 Å². The van der Waals surface area contributed by atoms with Crippen LogP contribution >= 0.6 is 0 Å². The van der Waals surface area contributed by atoms with Crippen molar-refractivity contribution >= 4 is 17.1 Å². The average Bonchev–Trinajstić information content (AvgIpc) is 2.97. The first kappa shape index (κ1) is 14.8. The predicted octanol–water partition coefficient (Wildman–Crippen LogP) is 1.81. The van der Waals surface area contributed by atoms with Crippen molar-refractivity contribution in [1.82, 2.24) is 19.4 Å². The first-order chi connectivity index (χ1) is 10.8. The number of rotatable bonds is 4. The highest BCUT2D eigenvalue weighted by atomic mass is 16.6. The molecule has 0 radical (unpaired) electrons. The lowest BCUT2D eigenvalue weighted by atomic mass is 10.3. The Bertz CT molecular complexity index is 632. The second-order valence-corrected chi connectivity index (χ2v) is 5.45. The summed E-state index contributed by atoms with van der Waals surface area (Å²) in [6.07, 6.45) is 1.71. The maximum absolute atomic E-state index is 11.7. The van der Waals surface area contributed by atoms with Gasteiger partial charge in [0.15, 0.2) is 0 Å². The zero-order chi connectivity index (χ0) is 15.4. The number of aromatic nitrogens is 2. The molecule has 3 rings (SSSR count). The lowest BCUT2D eigenvalue weighted by Gasteiger charge is -2.34. The Morgan fingerprint density at radius 3 is 2.73 bits per heavy atom. The molecule has 1 amide bonds. The summed E-state index contributed by atoms with van der Waals surface area (Å²) in [4.78, 5) is 20.2. The van der Waals surface area contributed by atoms with E-state index in [-0.39, 0.29) is 6.09 Å². The van der Waals surface area contributed by atoms with E-state index in [9.17, 15) is 4.79 Å². The number of hydrogen-bond donors (Lipinski definition) is 0. The molecule has 0 atom stereocenters. The molecule has 1 saturated heterocycles. The van der Waals surface area contributed by atoms with Crippen LogP contribution in [0.25, 0.3) is 11.0 Å². The number of piperazine rings is 1. The van der Waals surface area contributed by atoms with Crippen molar-refractivity contribution in [2.75, 3.05) is 39.3 Å². The molecule has 6 heteroatoms. The minimum Gasteiger partial charge on any atom is -0.450 e. The normalized spacial score (nSPS) is 16.1. The van der Waals surface area contributed by atoms with Gasteiger partial charge in [0, 0.05) is 39.3 Å². The summed E-state index contributed by atoms with van der Waals surface area (Å²) >= 11 is 0. The molecule has 0 unspecified atom stereocenters. The van der Waals surface area contributed by atoms with Crippen LogP contribution in [0.3, 0.4) is 0 Å². The topological polar surface area (TPSA) is 50.6 Å². The number of amides is 1. The number of fused-ring (bicyclic) bond motifs is 1. The summed E-state index contributed by atoms with van der Waals surface area (Å²) in [5.74, 6) is 0. The predicted molar refractivity (Wildman–Crippen MR) is 84.8 cm³/mol. The van der Waals surface area contributed by atoms with Crippen LogP contribution in [0.1, 0.15) is 6.92 Å². The van der Waals surface area contributed by atoms with Crippen LogP contribution < -0.4 is 0 Å². The minimum atomic E-state index is -0.192. The van der Waals surface area contributed by atoms with Crippen LogP contribution in [0.4, 0.5) is 4.79 Å². The average molecular weight is 302 g/mol. The number of carbonyl (C=O) groups excluding carboxylic acids is 1. The zero-order valence-corrected chi connectivity index (χ0v) is 12.9. The van der Waals surface area contributed by atoms with Crippen LogP contribution in [0.2, 0.25) is 0 Å². The molecule has 0 spiro atoms. The quantitative estimate of drug-likeness (QED) is 0.864. The molecular formula is C16H22N4O2. The van der Waals surface area contributed by atoms with Crippen LogP contribution in [0.5, 0.6) is 0 Å². The van der Waals surface area contributed by atoms with Crippen LogP contribution in [-0.2, 0) is 11.3 Å². The van der Waals surface area contributed by atoms with Crippen molar-refractivity contribution in [3.05, 3.63) is 30.6 Å². The number of carbonyl (C=O) groups is 1. The molecule has 1 aromatic heterocycles. The van der Waals surface area contributed by atoms with Gasteiger partial charge < -0.3 is 14.2 Å². The highest BCUT2D eigenvalue weighted by Crippen LogP contribution is 2.12. The molecule has 0 saturated carbocycles. The minimum absolute atomic E-state index is 0.192. The third kappa shape index (κ3) is 3.22. The van der Waals surface area contributed by atoms with E-state index in [2.05, 4.69) is 20.5 Å². The molecule has 0 N–H and O–H groups in total. The molecule has 2 aromatic rings. The van der Waals surface area contributed by atoms with E-state index in [1.165, 1.54) is 5.52 Å².